The lowest BCUT2D eigenvalue weighted by Gasteiger charge is -2.19. The fourth-order valence-electron chi connectivity index (χ4n) is 2.47. The Balaban J connectivity index is 2.27. The second-order valence-electron chi connectivity index (χ2n) is 5.54. The number of non-ortho nitro benzene ring substituents is 1. The molecule has 2 aromatic carbocycles. The molecular formula is C18H18N2O7. The molecule has 142 valence electrons. The van der Waals surface area contributed by atoms with Crippen molar-refractivity contribution >= 4 is 17.6 Å². The number of hydrogen-bond acceptors (Lipinski definition) is 6. The van der Waals surface area contributed by atoms with Crippen molar-refractivity contribution in [1.29, 1.82) is 0 Å². The van der Waals surface area contributed by atoms with Crippen molar-refractivity contribution in [3.05, 3.63) is 63.7 Å². The smallest absolute Gasteiger partial charge is 0.305 e. The Morgan fingerprint density at radius 1 is 1.11 bits per heavy atom. The Morgan fingerprint density at radius 3 is 2.26 bits per heavy atom. The van der Waals surface area contributed by atoms with Gasteiger partial charge in [-0.25, -0.2) is 0 Å². The van der Waals surface area contributed by atoms with Gasteiger partial charge in [-0.05, 0) is 29.8 Å². The molecule has 1 unspecified atom stereocenters. The Morgan fingerprint density at radius 2 is 1.74 bits per heavy atom. The van der Waals surface area contributed by atoms with E-state index in [0.29, 0.717) is 17.1 Å². The first-order valence-corrected chi connectivity index (χ1v) is 7.84. The first-order valence-electron chi connectivity index (χ1n) is 7.84. The van der Waals surface area contributed by atoms with Gasteiger partial charge in [-0.2, -0.15) is 0 Å². The number of hydrogen-bond donors (Lipinski definition) is 2. The molecule has 0 saturated carbocycles. The van der Waals surface area contributed by atoms with E-state index in [0.717, 1.165) is 0 Å². The number of carboxylic acid groups (broad SMARTS) is 1. The predicted octanol–water partition coefficient (Wildman–Crippen LogP) is 2.56. The van der Waals surface area contributed by atoms with Crippen LogP contribution in [0.5, 0.6) is 11.5 Å². The molecule has 0 bridgehead atoms. The van der Waals surface area contributed by atoms with Crippen LogP contribution >= 0.6 is 0 Å². The number of nitro benzene ring substituents is 1. The van der Waals surface area contributed by atoms with E-state index in [4.69, 9.17) is 9.47 Å². The lowest BCUT2D eigenvalue weighted by molar-refractivity contribution is -0.384. The quantitative estimate of drug-likeness (QED) is 0.537. The fourth-order valence-corrected chi connectivity index (χ4v) is 2.47. The fraction of sp³-hybridized carbons (Fsp3) is 0.222. The second kappa shape index (κ2) is 8.65. The molecule has 0 radical (unpaired) electrons. The number of carbonyl (C=O) groups excluding carboxylic acids is 1. The summed E-state index contributed by atoms with van der Waals surface area (Å²) in [6.07, 6.45) is -0.353. The Hall–Kier alpha value is -3.62. The van der Waals surface area contributed by atoms with Gasteiger partial charge in [-0.15, -0.1) is 0 Å². The summed E-state index contributed by atoms with van der Waals surface area (Å²) in [4.78, 5) is 33.8. The van der Waals surface area contributed by atoms with Gasteiger partial charge in [0, 0.05) is 17.7 Å². The first-order chi connectivity index (χ1) is 12.8. The molecule has 0 aliphatic heterocycles. The lowest BCUT2D eigenvalue weighted by Crippen LogP contribution is -2.30. The molecule has 0 spiro atoms. The van der Waals surface area contributed by atoms with Crippen LogP contribution in [-0.4, -0.2) is 36.1 Å². The van der Waals surface area contributed by atoms with Crippen LogP contribution in [0.2, 0.25) is 0 Å². The van der Waals surface area contributed by atoms with Crippen LogP contribution in [-0.2, 0) is 4.79 Å². The van der Waals surface area contributed by atoms with Crippen LogP contribution in [0.25, 0.3) is 0 Å². The van der Waals surface area contributed by atoms with Crippen LogP contribution in [0.3, 0.4) is 0 Å². The van der Waals surface area contributed by atoms with Crippen LogP contribution in [0.4, 0.5) is 5.69 Å². The third-order valence-corrected chi connectivity index (χ3v) is 3.83. The third kappa shape index (κ3) is 4.94. The van der Waals surface area contributed by atoms with Crippen molar-refractivity contribution in [1.82, 2.24) is 5.32 Å². The van der Waals surface area contributed by atoms with Gasteiger partial charge in [-0.3, -0.25) is 19.7 Å². The van der Waals surface area contributed by atoms with Crippen molar-refractivity contribution in [2.75, 3.05) is 14.2 Å². The summed E-state index contributed by atoms with van der Waals surface area (Å²) in [5, 5.41) is 22.5. The molecule has 0 saturated heterocycles. The monoisotopic (exact) mass is 374 g/mol. The van der Waals surface area contributed by atoms with Gasteiger partial charge in [0.25, 0.3) is 11.6 Å². The van der Waals surface area contributed by atoms with E-state index in [9.17, 15) is 24.8 Å². The summed E-state index contributed by atoms with van der Waals surface area (Å²) >= 11 is 0. The molecule has 0 fully saturated rings. The normalized spacial score (nSPS) is 11.3. The number of methoxy groups -OCH3 is 2. The number of nitrogens with zero attached hydrogens (tertiary/aromatic N) is 1. The van der Waals surface area contributed by atoms with Crippen molar-refractivity contribution in [3.63, 3.8) is 0 Å². The highest BCUT2D eigenvalue weighted by Crippen LogP contribution is 2.31. The number of rotatable bonds is 8. The molecule has 27 heavy (non-hydrogen) atoms. The number of amides is 1. The maximum atomic E-state index is 12.4. The highest BCUT2D eigenvalue weighted by molar-refractivity contribution is 5.94. The molecule has 2 rings (SSSR count). The summed E-state index contributed by atoms with van der Waals surface area (Å²) < 4.78 is 10.4. The molecule has 2 aromatic rings. The number of carboxylic acids is 1. The predicted molar refractivity (Wildman–Crippen MR) is 95.1 cm³/mol. The first kappa shape index (κ1) is 19.7. The second-order valence-corrected chi connectivity index (χ2v) is 5.54. The molecule has 1 atom stereocenters. The molecule has 0 aromatic heterocycles. The summed E-state index contributed by atoms with van der Waals surface area (Å²) in [5.41, 5.74) is 0.551. The maximum absolute atomic E-state index is 12.4. The zero-order valence-corrected chi connectivity index (χ0v) is 14.7. The summed E-state index contributed by atoms with van der Waals surface area (Å²) in [6.45, 7) is 0. The standard InChI is InChI=1S/C18H18N2O7/c1-26-15-8-5-12(9-16(15)27-2)14(10-17(21)22)19-18(23)11-3-6-13(7-4-11)20(24)25/h3-9,14H,10H2,1-2H3,(H,19,23)(H,21,22). The number of nitro groups is 1. The van der Waals surface area contributed by atoms with Crippen LogP contribution in [0.1, 0.15) is 28.4 Å². The topological polar surface area (TPSA) is 128 Å². The SMILES string of the molecule is COc1ccc(C(CC(=O)O)NC(=O)c2ccc([N+](=O)[O-])cc2)cc1OC. The van der Waals surface area contributed by atoms with Gasteiger partial charge in [-0.1, -0.05) is 6.07 Å². The number of nitrogens with one attached hydrogen (secondary N) is 1. The summed E-state index contributed by atoms with van der Waals surface area (Å²) in [7, 11) is 2.92. The van der Waals surface area contributed by atoms with Crippen LogP contribution in [0.15, 0.2) is 42.5 Å². The summed E-state index contributed by atoms with van der Waals surface area (Å²) in [5.74, 6) is -0.781. The van der Waals surface area contributed by atoms with Crippen molar-refractivity contribution in [2.45, 2.75) is 12.5 Å². The van der Waals surface area contributed by atoms with Gasteiger partial charge in [0.15, 0.2) is 11.5 Å². The third-order valence-electron chi connectivity index (χ3n) is 3.83. The minimum Gasteiger partial charge on any atom is -0.493 e. The van der Waals surface area contributed by atoms with Crippen LogP contribution < -0.4 is 14.8 Å². The van der Waals surface area contributed by atoms with E-state index >= 15 is 0 Å². The Kier molecular flexibility index (Phi) is 6.32. The van der Waals surface area contributed by atoms with E-state index in [1.165, 1.54) is 38.5 Å². The van der Waals surface area contributed by atoms with E-state index in [-0.39, 0.29) is 17.7 Å². The minimum atomic E-state index is -1.10. The highest BCUT2D eigenvalue weighted by Gasteiger charge is 2.21. The zero-order valence-electron chi connectivity index (χ0n) is 14.7. The number of benzene rings is 2. The molecule has 1 amide bonds. The Labute approximate surface area is 154 Å². The van der Waals surface area contributed by atoms with Crippen molar-refractivity contribution < 1.29 is 29.1 Å². The van der Waals surface area contributed by atoms with Gasteiger partial charge in [0.1, 0.15) is 0 Å². The molecule has 0 aliphatic carbocycles. The minimum absolute atomic E-state index is 0.145. The van der Waals surface area contributed by atoms with Crippen LogP contribution in [0, 0.1) is 10.1 Å². The largest absolute Gasteiger partial charge is 0.493 e. The van der Waals surface area contributed by atoms with E-state index < -0.39 is 22.8 Å². The summed E-state index contributed by atoms with van der Waals surface area (Å²) in [6, 6.07) is 9.02. The average molecular weight is 374 g/mol. The molecule has 0 aliphatic rings. The average Bonchev–Trinajstić information content (AvgIpc) is 2.66. The Bertz CT molecular complexity index is 849. The molecular weight excluding hydrogens is 356 g/mol. The van der Waals surface area contributed by atoms with E-state index in [2.05, 4.69) is 5.32 Å². The molecule has 9 heteroatoms. The van der Waals surface area contributed by atoms with Gasteiger partial charge in [0.2, 0.25) is 0 Å². The lowest BCUT2D eigenvalue weighted by atomic mass is 10.0. The molecule has 9 nitrogen and oxygen atoms in total. The number of carbonyl (C=O) groups is 2. The zero-order chi connectivity index (χ0) is 20.0. The van der Waals surface area contributed by atoms with Crippen molar-refractivity contribution in [2.24, 2.45) is 0 Å². The van der Waals surface area contributed by atoms with Gasteiger partial charge < -0.3 is 19.9 Å². The molecule has 0 heterocycles. The maximum Gasteiger partial charge on any atom is 0.305 e. The van der Waals surface area contributed by atoms with Gasteiger partial charge in [0.05, 0.1) is 31.6 Å². The van der Waals surface area contributed by atoms with Gasteiger partial charge >= 0.3 is 5.97 Å². The van der Waals surface area contributed by atoms with E-state index in [1.807, 2.05) is 0 Å². The van der Waals surface area contributed by atoms with E-state index in [1.54, 1.807) is 18.2 Å². The highest BCUT2D eigenvalue weighted by atomic mass is 16.6. The van der Waals surface area contributed by atoms with Crippen molar-refractivity contribution in [3.8, 4) is 11.5 Å². The number of ether oxygens (including phenoxy) is 2. The number of aliphatic carboxylic acids is 1. The molecule has 2 N–H and O–H groups in total.